The Kier molecular flexibility index (Phi) is 13.1. The van der Waals surface area contributed by atoms with E-state index in [4.69, 9.17) is 55.9 Å². The summed E-state index contributed by atoms with van der Waals surface area (Å²) < 4.78 is 12.5. The fraction of sp³-hybridized carbons (Fsp3) is 0.128. The molecular formula is C39H31Cl5N2O7. The number of aryl methyl sites for hydroxylation is 1. The van der Waals surface area contributed by atoms with Crippen molar-refractivity contribution in [1.82, 2.24) is 4.58 Å². The first-order chi connectivity index (χ1) is 24.5. The highest BCUT2D eigenvalue weighted by Gasteiger charge is 2.30. The van der Waals surface area contributed by atoms with Crippen LogP contribution in [0, 0.1) is 6.92 Å². The molecule has 0 spiro atoms. The lowest BCUT2D eigenvalue weighted by Crippen LogP contribution is -3.00. The first kappa shape index (κ1) is 41.0. The van der Waals surface area contributed by atoms with Gasteiger partial charge in [-0.2, -0.15) is 0 Å². The van der Waals surface area contributed by atoms with Gasteiger partial charge in [-0.3, -0.25) is 0 Å². The number of hydrogen-bond acceptors (Lipinski definition) is 7. The van der Waals surface area contributed by atoms with E-state index in [9.17, 15) is 19.5 Å². The average molecular weight is 817 g/mol. The monoisotopic (exact) mass is 814 g/mol. The van der Waals surface area contributed by atoms with E-state index in [2.05, 4.69) is 4.74 Å². The Bertz CT molecular complexity index is 2400. The van der Waals surface area contributed by atoms with E-state index in [1.54, 1.807) is 18.2 Å². The van der Waals surface area contributed by atoms with Crippen LogP contribution < -0.4 is 27.2 Å². The minimum absolute atomic E-state index is 0. The first-order valence-electron chi connectivity index (χ1n) is 15.5. The number of carbonyl (C=O) groups is 3. The molecule has 53 heavy (non-hydrogen) atoms. The van der Waals surface area contributed by atoms with Crippen LogP contribution in [-0.4, -0.2) is 56.3 Å². The van der Waals surface area contributed by atoms with Crippen molar-refractivity contribution >= 4 is 81.0 Å². The average Bonchev–Trinajstić information content (AvgIpc) is 3.36. The zero-order valence-corrected chi connectivity index (χ0v) is 32.6. The molecule has 0 unspecified atom stereocenters. The minimum Gasteiger partial charge on any atom is -1.00 e. The summed E-state index contributed by atoms with van der Waals surface area (Å²) in [4.78, 5) is 35.9. The van der Waals surface area contributed by atoms with Crippen molar-refractivity contribution in [3.8, 4) is 28.2 Å². The molecule has 4 aromatic rings. The number of cyclic esters (lactones) is 2. The summed E-state index contributed by atoms with van der Waals surface area (Å²) in [7, 11) is 7.78. The molecule has 0 saturated carbocycles. The third-order valence-electron chi connectivity index (χ3n) is 7.97. The van der Waals surface area contributed by atoms with Crippen molar-refractivity contribution in [1.29, 1.82) is 0 Å². The van der Waals surface area contributed by atoms with E-state index in [1.807, 2.05) is 93.1 Å². The van der Waals surface area contributed by atoms with Gasteiger partial charge < -0.3 is 36.7 Å². The summed E-state index contributed by atoms with van der Waals surface area (Å²) in [5, 5.41) is 21.6. The molecule has 2 N–H and O–H groups in total. The number of phenolic OH excluding ortho intramolecular Hbond substituents is 1. The van der Waals surface area contributed by atoms with Crippen molar-refractivity contribution in [3.63, 3.8) is 0 Å². The Morgan fingerprint density at radius 2 is 1.32 bits per heavy atom. The number of carboxylic acid groups (broad SMARTS) is 1. The lowest BCUT2D eigenvalue weighted by atomic mass is 9.90. The second kappa shape index (κ2) is 16.9. The number of phenols is 1. The number of hydrogen-bond donors (Lipinski definition) is 2. The highest BCUT2D eigenvalue weighted by molar-refractivity contribution is 6.43. The van der Waals surface area contributed by atoms with Crippen LogP contribution in [0.4, 0.5) is 5.69 Å². The van der Waals surface area contributed by atoms with E-state index in [0.29, 0.717) is 27.7 Å². The molecule has 7 rings (SSSR count). The molecule has 0 radical (unpaired) electrons. The molecule has 2 heterocycles. The van der Waals surface area contributed by atoms with Gasteiger partial charge in [0, 0.05) is 48.4 Å². The van der Waals surface area contributed by atoms with Gasteiger partial charge in [0.15, 0.2) is 0 Å². The number of esters is 2. The lowest BCUT2D eigenvalue weighted by molar-refractivity contribution is -0.0000654. The topological polar surface area (TPSA) is 120 Å². The number of nitrogens with zero attached hydrogens (tertiary/aromatic N) is 2. The summed E-state index contributed by atoms with van der Waals surface area (Å²) in [5.41, 5.74) is 5.20. The molecule has 0 amide bonds. The second-order valence-corrected chi connectivity index (χ2v) is 13.7. The summed E-state index contributed by atoms with van der Waals surface area (Å²) >= 11 is 23.7. The van der Waals surface area contributed by atoms with Gasteiger partial charge >= 0.3 is 17.9 Å². The van der Waals surface area contributed by atoms with Gasteiger partial charge in [-0.25, -0.2) is 19.0 Å². The van der Waals surface area contributed by atoms with Crippen molar-refractivity contribution in [2.24, 2.45) is 0 Å². The number of fused-ring (bicyclic) bond motifs is 3. The quantitative estimate of drug-likeness (QED) is 0.0924. The van der Waals surface area contributed by atoms with Crippen LogP contribution in [0.5, 0.6) is 5.75 Å². The molecule has 2 aliphatic heterocycles. The van der Waals surface area contributed by atoms with Crippen LogP contribution in [-0.2, 0) is 4.74 Å². The van der Waals surface area contributed by atoms with Crippen molar-refractivity contribution in [2.75, 3.05) is 33.1 Å². The summed E-state index contributed by atoms with van der Waals surface area (Å²) in [6, 6.07) is 24.5. The molecular weight excluding hydrogens is 786 g/mol. The summed E-state index contributed by atoms with van der Waals surface area (Å²) in [5.74, 6) is -1.47. The van der Waals surface area contributed by atoms with Crippen molar-refractivity contribution in [2.45, 2.75) is 6.92 Å². The molecule has 4 aromatic carbocycles. The number of aromatic hydroxyl groups is 1. The number of carboxylic acids is 1. The van der Waals surface area contributed by atoms with Gasteiger partial charge in [0.1, 0.15) is 31.2 Å². The standard InChI is InChI=1S/C23H17Cl2NO3.C8H2Cl2O3.C8H11NO.ClH/c1-12-4-6-14-20(8-12)29-21-9-13(26(2)3)5-7-15(21)22(14)16-10-18(24)19(25)11-17(16)23(27)28;9-5-1-3-4(2-6(5)10)8(12)13-7(3)11;1-9(2)7-4-3-5-8(10)6-7;/h4-11H,1-3H3;1-2H;3-6,10H,1-2H3;1H. The maximum atomic E-state index is 12.0. The zero-order chi connectivity index (χ0) is 38.0. The molecule has 0 aromatic heterocycles. The first-order valence-corrected chi connectivity index (χ1v) is 17.0. The fourth-order valence-corrected chi connectivity index (χ4v) is 5.99. The van der Waals surface area contributed by atoms with Gasteiger partial charge in [0.2, 0.25) is 5.36 Å². The fourth-order valence-electron chi connectivity index (χ4n) is 5.33. The van der Waals surface area contributed by atoms with E-state index in [0.717, 1.165) is 33.1 Å². The lowest BCUT2D eigenvalue weighted by Gasteiger charge is -2.17. The third kappa shape index (κ3) is 9.07. The number of anilines is 1. The van der Waals surface area contributed by atoms with Crippen LogP contribution in [0.25, 0.3) is 33.4 Å². The third-order valence-corrected chi connectivity index (χ3v) is 9.41. The largest absolute Gasteiger partial charge is 1.00 e. The molecule has 274 valence electrons. The maximum Gasteiger partial charge on any atom is 0.346 e. The van der Waals surface area contributed by atoms with Crippen molar-refractivity contribution < 1.29 is 46.2 Å². The van der Waals surface area contributed by atoms with E-state index in [1.165, 1.54) is 18.2 Å². The molecule has 0 atom stereocenters. The Hall–Kier alpha value is -4.77. The van der Waals surface area contributed by atoms with Gasteiger partial charge in [-0.05, 0) is 66.6 Å². The Balaban J connectivity index is 0.000000215. The zero-order valence-electron chi connectivity index (χ0n) is 28.8. The Labute approximate surface area is 330 Å². The number of halogens is 5. The number of carbonyl (C=O) groups excluding carboxylic acids is 2. The molecule has 0 fully saturated rings. The van der Waals surface area contributed by atoms with Gasteiger partial charge in [0.25, 0.3) is 0 Å². The SMILES string of the molecule is CN(C)c1cccc(O)c1.Cc1ccc2c(-c3cc(Cl)c(Cl)cc3C(=O)O)c3ccc(=[N+](C)C)cc-3oc2c1.O=C1OC(=O)c2cc(Cl)c(Cl)cc21.[Cl-]. The predicted molar refractivity (Wildman–Crippen MR) is 206 cm³/mol. The molecule has 1 aliphatic carbocycles. The Morgan fingerprint density at radius 3 is 1.85 bits per heavy atom. The van der Waals surface area contributed by atoms with Gasteiger partial charge in [-0.15, -0.1) is 0 Å². The smallest absolute Gasteiger partial charge is 0.346 e. The number of aromatic carboxylic acids is 1. The maximum absolute atomic E-state index is 12.0. The summed E-state index contributed by atoms with van der Waals surface area (Å²) in [6.07, 6.45) is 0. The predicted octanol–water partition coefficient (Wildman–Crippen LogP) is 6.32. The molecule has 9 nitrogen and oxygen atoms in total. The number of rotatable bonds is 3. The second-order valence-electron chi connectivity index (χ2n) is 12.1. The summed E-state index contributed by atoms with van der Waals surface area (Å²) in [6.45, 7) is 1.98. The number of benzene rings is 5. The van der Waals surface area contributed by atoms with Crippen LogP contribution >= 0.6 is 46.4 Å². The highest BCUT2D eigenvalue weighted by Crippen LogP contribution is 2.43. The van der Waals surface area contributed by atoms with Crippen LogP contribution in [0.1, 0.15) is 36.6 Å². The molecule has 0 saturated heterocycles. The van der Waals surface area contributed by atoms with Crippen LogP contribution in [0.2, 0.25) is 20.1 Å². The van der Waals surface area contributed by atoms with Crippen LogP contribution in [0.3, 0.4) is 0 Å². The van der Waals surface area contributed by atoms with Gasteiger partial charge in [-0.1, -0.05) is 64.6 Å². The molecule has 3 aliphatic rings. The Morgan fingerprint density at radius 1 is 0.736 bits per heavy atom. The molecule has 14 heteroatoms. The van der Waals surface area contributed by atoms with E-state index in [-0.39, 0.29) is 44.2 Å². The molecule has 0 bridgehead atoms. The highest BCUT2D eigenvalue weighted by atomic mass is 35.5. The van der Waals surface area contributed by atoms with Crippen LogP contribution in [0.15, 0.2) is 89.3 Å². The number of ether oxygens (including phenoxy) is 1. The van der Waals surface area contributed by atoms with E-state index < -0.39 is 17.9 Å². The van der Waals surface area contributed by atoms with Crippen molar-refractivity contribution in [3.05, 3.63) is 133 Å². The van der Waals surface area contributed by atoms with E-state index >= 15 is 0 Å². The van der Waals surface area contributed by atoms with Gasteiger partial charge in [0.05, 0.1) is 42.8 Å². The normalized spacial score (nSPS) is 11.4. The minimum atomic E-state index is -1.07.